The van der Waals surface area contributed by atoms with Crippen molar-refractivity contribution in [2.75, 3.05) is 6.54 Å². The molecule has 0 aliphatic heterocycles. The highest BCUT2D eigenvalue weighted by molar-refractivity contribution is 5.38. The van der Waals surface area contributed by atoms with Crippen LogP contribution in [0.15, 0.2) is 47.5 Å². The number of pyridine rings is 1. The maximum atomic E-state index is 13.5. The van der Waals surface area contributed by atoms with Crippen molar-refractivity contribution in [2.24, 2.45) is 5.73 Å². The molecule has 1 aromatic heterocycles. The predicted octanol–water partition coefficient (Wildman–Crippen LogP) is 1.35. The fourth-order valence-electron chi connectivity index (χ4n) is 1.67. The molecule has 2 N–H and O–H groups in total. The van der Waals surface area contributed by atoms with Gasteiger partial charge in [-0.15, -0.1) is 0 Å². The van der Waals surface area contributed by atoms with Gasteiger partial charge in [0.05, 0.1) is 12.1 Å². The van der Waals surface area contributed by atoms with Gasteiger partial charge in [-0.25, -0.2) is 4.39 Å². The number of rotatable bonds is 2. The number of nitrogens with zero attached hydrogens (tertiary/aromatic N) is 1. The number of aromatic nitrogens is 1. The topological polar surface area (TPSA) is 48.0 Å². The first-order chi connectivity index (χ1) is 9.19. The summed E-state index contributed by atoms with van der Waals surface area (Å²) < 4.78 is 15.3. The molecule has 2 aromatic rings. The van der Waals surface area contributed by atoms with E-state index in [1.807, 2.05) is 4.57 Å². The average Bonchev–Trinajstić information content (AvgIpc) is 2.42. The van der Waals surface area contributed by atoms with Crippen molar-refractivity contribution in [2.45, 2.75) is 6.54 Å². The van der Waals surface area contributed by atoms with Gasteiger partial charge < -0.3 is 10.3 Å². The molecule has 19 heavy (non-hydrogen) atoms. The number of benzene rings is 1. The Bertz CT molecular complexity index is 675. The lowest BCUT2D eigenvalue weighted by molar-refractivity contribution is 0.622. The first-order valence-corrected chi connectivity index (χ1v) is 5.82. The molecule has 0 radical (unpaired) electrons. The molecule has 1 heterocycles. The van der Waals surface area contributed by atoms with Crippen LogP contribution in [0, 0.1) is 17.7 Å². The van der Waals surface area contributed by atoms with Crippen molar-refractivity contribution in [1.29, 1.82) is 0 Å². The molecule has 1 aromatic carbocycles. The molecule has 0 amide bonds. The Labute approximate surface area is 110 Å². The molecule has 0 atom stereocenters. The van der Waals surface area contributed by atoms with Gasteiger partial charge in [0.15, 0.2) is 5.43 Å². The van der Waals surface area contributed by atoms with E-state index in [2.05, 4.69) is 11.8 Å². The summed E-state index contributed by atoms with van der Waals surface area (Å²) in [5.74, 6) is 4.98. The van der Waals surface area contributed by atoms with Gasteiger partial charge in [-0.05, 0) is 17.7 Å². The minimum atomic E-state index is -0.357. The van der Waals surface area contributed by atoms with Crippen LogP contribution in [-0.4, -0.2) is 11.1 Å². The molecule has 0 saturated carbocycles. The molecule has 0 aliphatic carbocycles. The van der Waals surface area contributed by atoms with E-state index in [4.69, 9.17) is 5.73 Å². The standard InChI is InChI=1S/C15H13FN2O/c16-15-4-3-12(10-13(15)2-1-7-17)11-18-8-5-14(19)6-9-18/h3-6,8-10H,7,11,17H2. The van der Waals surface area contributed by atoms with Crippen molar-refractivity contribution in [3.8, 4) is 11.8 Å². The highest BCUT2D eigenvalue weighted by Crippen LogP contribution is 2.10. The Balaban J connectivity index is 2.26. The molecule has 0 spiro atoms. The number of hydrogen-bond donors (Lipinski definition) is 1. The molecule has 2 rings (SSSR count). The molecule has 96 valence electrons. The highest BCUT2D eigenvalue weighted by atomic mass is 19.1. The fourth-order valence-corrected chi connectivity index (χ4v) is 1.67. The maximum Gasteiger partial charge on any atom is 0.181 e. The van der Waals surface area contributed by atoms with Crippen molar-refractivity contribution >= 4 is 0 Å². The van der Waals surface area contributed by atoms with Crippen LogP contribution in [0.25, 0.3) is 0 Å². The smallest absolute Gasteiger partial charge is 0.181 e. The lowest BCUT2D eigenvalue weighted by atomic mass is 10.1. The summed E-state index contributed by atoms with van der Waals surface area (Å²) in [6.07, 6.45) is 3.38. The molecular weight excluding hydrogens is 243 g/mol. The van der Waals surface area contributed by atoms with E-state index in [9.17, 15) is 9.18 Å². The number of halogens is 1. The Morgan fingerprint density at radius 1 is 1.21 bits per heavy atom. The number of hydrogen-bond acceptors (Lipinski definition) is 2. The van der Waals surface area contributed by atoms with E-state index in [-0.39, 0.29) is 17.8 Å². The molecule has 3 nitrogen and oxygen atoms in total. The predicted molar refractivity (Wildman–Crippen MR) is 72.1 cm³/mol. The monoisotopic (exact) mass is 256 g/mol. The van der Waals surface area contributed by atoms with Crippen molar-refractivity contribution in [3.63, 3.8) is 0 Å². The second kappa shape index (κ2) is 5.98. The number of nitrogens with two attached hydrogens (primary N) is 1. The molecule has 0 unspecified atom stereocenters. The van der Waals surface area contributed by atoms with Crippen molar-refractivity contribution in [1.82, 2.24) is 4.57 Å². The highest BCUT2D eigenvalue weighted by Gasteiger charge is 2.01. The summed E-state index contributed by atoms with van der Waals surface area (Å²) in [4.78, 5) is 11.0. The normalized spacial score (nSPS) is 9.79. The summed E-state index contributed by atoms with van der Waals surface area (Å²) >= 11 is 0. The first-order valence-electron chi connectivity index (χ1n) is 5.82. The van der Waals surface area contributed by atoms with Crippen LogP contribution in [-0.2, 0) is 6.54 Å². The third kappa shape index (κ3) is 3.54. The summed E-state index contributed by atoms with van der Waals surface area (Å²) in [5.41, 5.74) is 6.48. The van der Waals surface area contributed by atoms with E-state index in [0.29, 0.717) is 12.1 Å². The van der Waals surface area contributed by atoms with Crippen molar-refractivity contribution in [3.05, 3.63) is 69.9 Å². The van der Waals surface area contributed by atoms with E-state index in [0.717, 1.165) is 5.56 Å². The van der Waals surface area contributed by atoms with E-state index in [1.54, 1.807) is 24.5 Å². The van der Waals surface area contributed by atoms with E-state index < -0.39 is 0 Å². The Morgan fingerprint density at radius 2 is 1.95 bits per heavy atom. The molecule has 4 heteroatoms. The van der Waals surface area contributed by atoms with Crippen LogP contribution >= 0.6 is 0 Å². The Hall–Kier alpha value is -2.38. The van der Waals surface area contributed by atoms with Gasteiger partial charge in [-0.2, -0.15) is 0 Å². The maximum absolute atomic E-state index is 13.5. The SMILES string of the molecule is NCC#Cc1cc(Cn2ccc(=O)cc2)ccc1F. The zero-order chi connectivity index (χ0) is 13.7. The second-order valence-corrected chi connectivity index (χ2v) is 4.03. The minimum Gasteiger partial charge on any atom is -0.350 e. The zero-order valence-electron chi connectivity index (χ0n) is 10.3. The Morgan fingerprint density at radius 3 is 2.63 bits per heavy atom. The molecule has 0 aliphatic rings. The van der Waals surface area contributed by atoms with Crippen LogP contribution < -0.4 is 11.2 Å². The largest absolute Gasteiger partial charge is 0.350 e. The third-order valence-electron chi connectivity index (χ3n) is 2.58. The third-order valence-corrected chi connectivity index (χ3v) is 2.58. The summed E-state index contributed by atoms with van der Waals surface area (Å²) in [5, 5.41) is 0. The molecule has 0 bridgehead atoms. The second-order valence-electron chi connectivity index (χ2n) is 4.03. The van der Waals surface area contributed by atoms with Crippen LogP contribution in [0.5, 0.6) is 0 Å². The van der Waals surface area contributed by atoms with Gasteiger partial charge in [0.25, 0.3) is 0 Å². The summed E-state index contributed by atoms with van der Waals surface area (Å²) in [6.45, 7) is 0.751. The van der Waals surface area contributed by atoms with Gasteiger partial charge in [0.2, 0.25) is 0 Å². The van der Waals surface area contributed by atoms with Gasteiger partial charge >= 0.3 is 0 Å². The lowest BCUT2D eigenvalue weighted by Gasteiger charge is -2.06. The van der Waals surface area contributed by atoms with Gasteiger partial charge in [-0.1, -0.05) is 17.9 Å². The first kappa shape index (κ1) is 13.1. The van der Waals surface area contributed by atoms with E-state index >= 15 is 0 Å². The summed E-state index contributed by atoms with van der Waals surface area (Å²) in [7, 11) is 0. The molecule has 0 fully saturated rings. The lowest BCUT2D eigenvalue weighted by Crippen LogP contribution is -2.05. The minimum absolute atomic E-state index is 0.0372. The molecular formula is C15H13FN2O. The van der Waals surface area contributed by atoms with E-state index in [1.165, 1.54) is 18.2 Å². The average molecular weight is 256 g/mol. The fraction of sp³-hybridized carbons (Fsp3) is 0.133. The van der Waals surface area contributed by atoms with Crippen LogP contribution in [0.1, 0.15) is 11.1 Å². The van der Waals surface area contributed by atoms with Crippen molar-refractivity contribution < 1.29 is 4.39 Å². The zero-order valence-corrected chi connectivity index (χ0v) is 10.3. The quantitative estimate of drug-likeness (QED) is 0.824. The van der Waals surface area contributed by atoms with Gasteiger partial charge in [-0.3, -0.25) is 4.79 Å². The van der Waals surface area contributed by atoms with Crippen LogP contribution in [0.3, 0.4) is 0 Å². The van der Waals surface area contributed by atoms with Gasteiger partial charge in [0.1, 0.15) is 5.82 Å². The Kier molecular flexibility index (Phi) is 4.11. The van der Waals surface area contributed by atoms with Crippen LogP contribution in [0.2, 0.25) is 0 Å². The molecule has 0 saturated heterocycles. The van der Waals surface area contributed by atoms with Crippen LogP contribution in [0.4, 0.5) is 4.39 Å². The van der Waals surface area contributed by atoms with Gasteiger partial charge in [0, 0.05) is 31.1 Å². The summed E-state index contributed by atoms with van der Waals surface area (Å²) in [6, 6.07) is 7.74.